The monoisotopic (exact) mass is 238 g/mol. The van der Waals surface area contributed by atoms with Crippen molar-refractivity contribution in [3.05, 3.63) is 23.4 Å². The predicted octanol–water partition coefficient (Wildman–Crippen LogP) is 0.0798. The van der Waals surface area contributed by atoms with E-state index >= 15 is 0 Å². The third-order valence-corrected chi connectivity index (χ3v) is 2.93. The van der Waals surface area contributed by atoms with Gasteiger partial charge in [-0.3, -0.25) is 0 Å². The minimum absolute atomic E-state index is 0.0104. The Morgan fingerprint density at radius 3 is 3.00 bits per heavy atom. The Labute approximate surface area is 101 Å². The van der Waals surface area contributed by atoms with Crippen LogP contribution in [0.2, 0.25) is 0 Å². The average molecular weight is 238 g/mol. The minimum Gasteiger partial charge on any atom is -0.394 e. The largest absolute Gasteiger partial charge is 0.394 e. The maximum Gasteiger partial charge on any atom is 0.131 e. The Morgan fingerprint density at radius 2 is 2.35 bits per heavy atom. The van der Waals surface area contributed by atoms with Crippen LogP contribution in [0.15, 0.2) is 12.3 Å². The lowest BCUT2D eigenvalue weighted by atomic mass is 10.2. The molecule has 2 rings (SSSR count). The van der Waals surface area contributed by atoms with Gasteiger partial charge in [-0.25, -0.2) is 4.98 Å². The van der Waals surface area contributed by atoms with E-state index in [-0.39, 0.29) is 19.3 Å². The Hall–Kier alpha value is -1.17. The smallest absolute Gasteiger partial charge is 0.131 e. The van der Waals surface area contributed by atoms with E-state index in [4.69, 9.17) is 14.9 Å². The first-order chi connectivity index (χ1) is 8.24. The van der Waals surface area contributed by atoms with Gasteiger partial charge in [0.15, 0.2) is 0 Å². The van der Waals surface area contributed by atoms with Crippen LogP contribution < -0.4 is 4.90 Å². The molecule has 1 aliphatic heterocycles. The maximum atomic E-state index is 9.10. The van der Waals surface area contributed by atoms with Crippen LogP contribution in [0.5, 0.6) is 0 Å². The van der Waals surface area contributed by atoms with Crippen LogP contribution >= 0.6 is 0 Å². The number of morpholine rings is 1. The molecule has 1 unspecified atom stereocenters. The molecule has 0 amide bonds. The number of aliphatic hydroxyl groups excluding tert-OH is 2. The molecular weight excluding hydrogens is 220 g/mol. The zero-order valence-electron chi connectivity index (χ0n) is 9.96. The average Bonchev–Trinajstić information content (AvgIpc) is 2.38. The molecule has 0 saturated carbocycles. The van der Waals surface area contributed by atoms with Crippen molar-refractivity contribution in [2.45, 2.75) is 19.6 Å². The summed E-state index contributed by atoms with van der Waals surface area (Å²) in [6.07, 6.45) is 1.55. The molecule has 94 valence electrons. The van der Waals surface area contributed by atoms with Gasteiger partial charge in [-0.05, 0) is 24.1 Å². The normalized spacial score (nSPS) is 20.6. The highest BCUT2D eigenvalue weighted by Gasteiger charge is 2.21. The molecule has 0 radical (unpaired) electrons. The van der Waals surface area contributed by atoms with E-state index in [1.165, 1.54) is 0 Å². The summed E-state index contributed by atoms with van der Waals surface area (Å²) < 4.78 is 5.40. The molecule has 1 aliphatic rings. The Kier molecular flexibility index (Phi) is 3.93. The van der Waals surface area contributed by atoms with Crippen LogP contribution in [0.25, 0.3) is 0 Å². The molecule has 5 nitrogen and oxygen atoms in total. The van der Waals surface area contributed by atoms with Crippen LogP contribution in [0.4, 0.5) is 5.82 Å². The number of aromatic nitrogens is 1. The van der Waals surface area contributed by atoms with E-state index in [2.05, 4.69) is 9.88 Å². The maximum absolute atomic E-state index is 9.10. The first-order valence-electron chi connectivity index (χ1n) is 5.78. The van der Waals surface area contributed by atoms with Gasteiger partial charge in [-0.2, -0.15) is 0 Å². The van der Waals surface area contributed by atoms with Gasteiger partial charge < -0.3 is 19.8 Å². The number of aliphatic hydroxyl groups is 2. The van der Waals surface area contributed by atoms with Gasteiger partial charge in [-0.1, -0.05) is 0 Å². The Morgan fingerprint density at radius 1 is 1.53 bits per heavy atom. The molecule has 1 atom stereocenters. The SMILES string of the molecule is Cc1cc(CO)cnc1N1CCOC(CO)C1. The van der Waals surface area contributed by atoms with Gasteiger partial charge in [0.2, 0.25) is 0 Å². The second-order valence-corrected chi connectivity index (χ2v) is 4.26. The zero-order valence-corrected chi connectivity index (χ0v) is 9.96. The van der Waals surface area contributed by atoms with Gasteiger partial charge >= 0.3 is 0 Å². The molecule has 0 aromatic carbocycles. The molecule has 2 heterocycles. The van der Waals surface area contributed by atoms with Crippen molar-refractivity contribution in [1.29, 1.82) is 0 Å². The van der Waals surface area contributed by atoms with Crippen LogP contribution in [-0.2, 0) is 11.3 Å². The number of aryl methyl sites for hydroxylation is 1. The molecule has 1 aromatic rings. The second kappa shape index (κ2) is 5.44. The fraction of sp³-hybridized carbons (Fsp3) is 0.583. The van der Waals surface area contributed by atoms with Crippen molar-refractivity contribution in [3.63, 3.8) is 0 Å². The molecule has 0 bridgehead atoms. The van der Waals surface area contributed by atoms with Crippen LogP contribution in [-0.4, -0.2) is 47.6 Å². The van der Waals surface area contributed by atoms with Crippen molar-refractivity contribution in [3.8, 4) is 0 Å². The number of hydrogen-bond acceptors (Lipinski definition) is 5. The van der Waals surface area contributed by atoms with Gasteiger partial charge in [-0.15, -0.1) is 0 Å². The molecule has 17 heavy (non-hydrogen) atoms. The number of rotatable bonds is 3. The number of pyridine rings is 1. The summed E-state index contributed by atoms with van der Waals surface area (Å²) in [5.41, 5.74) is 1.85. The highest BCUT2D eigenvalue weighted by atomic mass is 16.5. The summed E-state index contributed by atoms with van der Waals surface area (Å²) in [6, 6.07) is 1.94. The standard InChI is InChI=1S/C12H18N2O3/c1-9-4-10(7-15)5-13-12(9)14-2-3-17-11(6-14)8-16/h4-5,11,15-16H,2-3,6-8H2,1H3. The van der Waals surface area contributed by atoms with Crippen LogP contribution in [0.3, 0.4) is 0 Å². The molecule has 1 aromatic heterocycles. The molecule has 2 N–H and O–H groups in total. The molecule has 0 aliphatic carbocycles. The molecule has 0 spiro atoms. The highest BCUT2D eigenvalue weighted by molar-refractivity contribution is 5.47. The first kappa shape index (κ1) is 12.3. The number of ether oxygens (including phenoxy) is 1. The summed E-state index contributed by atoms with van der Waals surface area (Å²) >= 11 is 0. The molecular formula is C12H18N2O3. The summed E-state index contributed by atoms with van der Waals surface area (Å²) in [5, 5.41) is 18.1. The number of nitrogens with zero attached hydrogens (tertiary/aromatic N) is 2. The number of hydrogen-bond donors (Lipinski definition) is 2. The Balaban J connectivity index is 2.16. The van der Waals surface area contributed by atoms with E-state index in [1.807, 2.05) is 13.0 Å². The third kappa shape index (κ3) is 2.74. The lowest BCUT2D eigenvalue weighted by Gasteiger charge is -2.33. The fourth-order valence-corrected chi connectivity index (χ4v) is 2.07. The lowest BCUT2D eigenvalue weighted by molar-refractivity contribution is 0.00333. The molecule has 1 fully saturated rings. The zero-order chi connectivity index (χ0) is 12.3. The minimum atomic E-state index is -0.137. The predicted molar refractivity (Wildman–Crippen MR) is 63.9 cm³/mol. The van der Waals surface area contributed by atoms with Crippen molar-refractivity contribution in [2.24, 2.45) is 0 Å². The highest BCUT2D eigenvalue weighted by Crippen LogP contribution is 2.20. The quantitative estimate of drug-likeness (QED) is 0.780. The number of anilines is 1. The van der Waals surface area contributed by atoms with Crippen molar-refractivity contribution in [1.82, 2.24) is 4.98 Å². The summed E-state index contributed by atoms with van der Waals surface area (Å²) in [4.78, 5) is 6.48. The van der Waals surface area contributed by atoms with Crippen LogP contribution in [0.1, 0.15) is 11.1 Å². The van der Waals surface area contributed by atoms with Gasteiger partial charge in [0.25, 0.3) is 0 Å². The molecule has 1 saturated heterocycles. The fourth-order valence-electron chi connectivity index (χ4n) is 2.07. The van der Waals surface area contributed by atoms with Crippen molar-refractivity contribution < 1.29 is 14.9 Å². The second-order valence-electron chi connectivity index (χ2n) is 4.26. The first-order valence-corrected chi connectivity index (χ1v) is 5.78. The van der Waals surface area contributed by atoms with E-state index in [0.717, 1.165) is 23.5 Å². The topological polar surface area (TPSA) is 65.8 Å². The molecule has 5 heteroatoms. The van der Waals surface area contributed by atoms with Crippen molar-refractivity contribution in [2.75, 3.05) is 31.2 Å². The van der Waals surface area contributed by atoms with E-state index in [0.29, 0.717) is 13.2 Å². The van der Waals surface area contributed by atoms with Gasteiger partial charge in [0.05, 0.1) is 25.9 Å². The van der Waals surface area contributed by atoms with E-state index < -0.39 is 0 Å². The van der Waals surface area contributed by atoms with Crippen LogP contribution in [0, 0.1) is 6.92 Å². The van der Waals surface area contributed by atoms with E-state index in [1.54, 1.807) is 6.20 Å². The van der Waals surface area contributed by atoms with Gasteiger partial charge in [0, 0.05) is 19.3 Å². The third-order valence-electron chi connectivity index (χ3n) is 2.93. The summed E-state index contributed by atoms with van der Waals surface area (Å²) in [6.45, 7) is 4.06. The Bertz CT molecular complexity index is 384. The van der Waals surface area contributed by atoms with E-state index in [9.17, 15) is 0 Å². The summed E-state index contributed by atoms with van der Waals surface area (Å²) in [5.74, 6) is 0.906. The van der Waals surface area contributed by atoms with Crippen molar-refractivity contribution >= 4 is 5.82 Å². The summed E-state index contributed by atoms with van der Waals surface area (Å²) in [7, 11) is 0. The van der Waals surface area contributed by atoms with Gasteiger partial charge in [0.1, 0.15) is 5.82 Å². The lowest BCUT2D eigenvalue weighted by Crippen LogP contribution is -2.44.